The number of fused-ring (bicyclic) bond motifs is 1. The van der Waals surface area contributed by atoms with Gasteiger partial charge in [0.15, 0.2) is 0 Å². The van der Waals surface area contributed by atoms with E-state index in [-0.39, 0.29) is 11.6 Å². The van der Waals surface area contributed by atoms with Gasteiger partial charge in [-0.3, -0.25) is 14.9 Å². The highest BCUT2D eigenvalue weighted by atomic mass is 32.1. The minimum Gasteiger partial charge on any atom is -0.367 e. The molecule has 0 aliphatic carbocycles. The van der Waals surface area contributed by atoms with Crippen LogP contribution in [0.15, 0.2) is 30.6 Å². The molecule has 3 aromatic rings. The number of benzene rings is 1. The summed E-state index contributed by atoms with van der Waals surface area (Å²) in [7, 11) is 1.52. The Hall–Kier alpha value is -3.27. The van der Waals surface area contributed by atoms with Crippen LogP contribution in [-0.4, -0.2) is 54.0 Å². The third-order valence-electron chi connectivity index (χ3n) is 5.01. The fraction of sp³-hybridized carbons (Fsp3) is 0.316. The number of aromatic nitrogens is 2. The molecular weight excluding hydrogens is 392 g/mol. The average molecular weight is 412 g/mol. The molecule has 0 radical (unpaired) electrons. The summed E-state index contributed by atoms with van der Waals surface area (Å²) in [5.41, 5.74) is 0.920. The number of hydrogen-bond donors (Lipinski definition) is 1. The van der Waals surface area contributed by atoms with Gasteiger partial charge in [0.1, 0.15) is 17.0 Å². The van der Waals surface area contributed by atoms with E-state index in [1.165, 1.54) is 24.1 Å². The van der Waals surface area contributed by atoms with Crippen molar-refractivity contribution >= 4 is 44.7 Å². The fourth-order valence-corrected chi connectivity index (χ4v) is 4.45. The number of piperazine rings is 1. The molecule has 1 fully saturated rings. The van der Waals surface area contributed by atoms with E-state index in [2.05, 4.69) is 38.1 Å². The highest BCUT2D eigenvalue weighted by Gasteiger charge is 2.25. The van der Waals surface area contributed by atoms with Crippen LogP contribution in [0, 0.1) is 17.0 Å². The number of hydrogen-bond acceptors (Lipinski definition) is 8. The number of carbonyl (C=O) groups excluding carboxylic acids is 1. The van der Waals surface area contributed by atoms with Crippen LogP contribution in [0.4, 0.5) is 17.2 Å². The number of rotatable bonds is 4. The molecule has 2 aromatic heterocycles. The molecule has 1 aliphatic heterocycles. The highest BCUT2D eigenvalue weighted by molar-refractivity contribution is 7.18. The standard InChI is InChI=1S/C19H20N6O3S/c1-12-9-15-17(21-11-22-19(15)29-12)24-7-5-23(6-8-24)16-4-3-13(25(27)28)10-14(16)18(26)20-2/h3-4,9-11H,5-8H2,1-2H3,(H,20,26). The quantitative estimate of drug-likeness (QED) is 0.519. The topological polar surface area (TPSA) is 104 Å². The van der Waals surface area contributed by atoms with Gasteiger partial charge in [-0.05, 0) is 19.1 Å². The number of nitrogens with one attached hydrogen (secondary N) is 1. The van der Waals surface area contributed by atoms with Crippen molar-refractivity contribution in [2.75, 3.05) is 43.0 Å². The lowest BCUT2D eigenvalue weighted by atomic mass is 10.1. The monoisotopic (exact) mass is 412 g/mol. The maximum Gasteiger partial charge on any atom is 0.270 e. The lowest BCUT2D eigenvalue weighted by Gasteiger charge is -2.37. The molecule has 1 aromatic carbocycles. The summed E-state index contributed by atoms with van der Waals surface area (Å²) in [5, 5.41) is 14.7. The molecule has 1 amide bonds. The van der Waals surface area contributed by atoms with Crippen LogP contribution in [0.3, 0.4) is 0 Å². The largest absolute Gasteiger partial charge is 0.367 e. The van der Waals surface area contributed by atoms with Gasteiger partial charge < -0.3 is 15.1 Å². The Bertz CT molecular complexity index is 1090. The third kappa shape index (κ3) is 3.58. The Morgan fingerprint density at radius 3 is 2.59 bits per heavy atom. The Balaban J connectivity index is 1.58. The Morgan fingerprint density at radius 1 is 1.17 bits per heavy atom. The summed E-state index contributed by atoms with van der Waals surface area (Å²) >= 11 is 1.65. The van der Waals surface area contributed by atoms with Crippen LogP contribution in [0.5, 0.6) is 0 Å². The Kier molecular flexibility index (Phi) is 5.01. The summed E-state index contributed by atoms with van der Waals surface area (Å²) in [5.74, 6) is 0.589. The van der Waals surface area contributed by atoms with Crippen LogP contribution in [0.1, 0.15) is 15.2 Å². The van der Waals surface area contributed by atoms with E-state index in [9.17, 15) is 14.9 Å². The lowest BCUT2D eigenvalue weighted by Crippen LogP contribution is -2.47. The number of thiophene rings is 1. The minimum atomic E-state index is -0.489. The SMILES string of the molecule is CNC(=O)c1cc([N+](=O)[O-])ccc1N1CCN(c2ncnc3sc(C)cc23)CC1. The molecule has 0 spiro atoms. The van der Waals surface area contributed by atoms with Crippen molar-refractivity contribution in [2.24, 2.45) is 0 Å². The number of non-ortho nitro benzene ring substituents is 1. The van der Waals surface area contributed by atoms with Gasteiger partial charge in [-0.15, -0.1) is 11.3 Å². The first kappa shape index (κ1) is 19.1. The van der Waals surface area contributed by atoms with E-state index in [4.69, 9.17) is 0 Å². The summed E-state index contributed by atoms with van der Waals surface area (Å²) in [4.78, 5) is 38.2. The molecule has 1 N–H and O–H groups in total. The molecule has 4 rings (SSSR count). The van der Waals surface area contributed by atoms with E-state index in [0.717, 1.165) is 29.1 Å². The number of nitro groups is 1. The van der Waals surface area contributed by atoms with Crippen molar-refractivity contribution in [3.05, 3.63) is 51.1 Å². The van der Waals surface area contributed by atoms with Gasteiger partial charge >= 0.3 is 0 Å². The van der Waals surface area contributed by atoms with Gasteiger partial charge in [-0.2, -0.15) is 0 Å². The third-order valence-corrected chi connectivity index (χ3v) is 5.97. The highest BCUT2D eigenvalue weighted by Crippen LogP contribution is 2.31. The molecule has 10 heteroatoms. The van der Waals surface area contributed by atoms with E-state index in [0.29, 0.717) is 24.3 Å². The summed E-state index contributed by atoms with van der Waals surface area (Å²) in [6, 6.07) is 6.55. The number of aryl methyl sites for hydroxylation is 1. The zero-order chi connectivity index (χ0) is 20.5. The molecule has 0 bridgehead atoms. The van der Waals surface area contributed by atoms with Crippen molar-refractivity contribution in [1.29, 1.82) is 0 Å². The molecule has 29 heavy (non-hydrogen) atoms. The first-order valence-corrected chi connectivity index (χ1v) is 10.0. The van der Waals surface area contributed by atoms with Crippen molar-refractivity contribution in [3.8, 4) is 0 Å². The van der Waals surface area contributed by atoms with Crippen LogP contribution in [-0.2, 0) is 0 Å². The molecule has 1 saturated heterocycles. The van der Waals surface area contributed by atoms with Crippen molar-refractivity contribution in [3.63, 3.8) is 0 Å². The number of nitro benzene ring substituents is 1. The zero-order valence-electron chi connectivity index (χ0n) is 16.1. The minimum absolute atomic E-state index is 0.0952. The Labute approximate surface area is 171 Å². The summed E-state index contributed by atoms with van der Waals surface area (Å²) in [6.45, 7) is 4.87. The zero-order valence-corrected chi connectivity index (χ0v) is 16.9. The van der Waals surface area contributed by atoms with Gasteiger partial charge in [-0.1, -0.05) is 0 Å². The molecule has 0 saturated carbocycles. The second kappa shape index (κ2) is 7.63. The fourth-order valence-electron chi connectivity index (χ4n) is 3.60. The molecular formula is C19H20N6O3S. The van der Waals surface area contributed by atoms with Crippen molar-refractivity contribution < 1.29 is 9.72 Å². The first-order chi connectivity index (χ1) is 14.0. The number of amides is 1. The maximum absolute atomic E-state index is 12.3. The average Bonchev–Trinajstić information content (AvgIpc) is 3.13. The van der Waals surface area contributed by atoms with Crippen molar-refractivity contribution in [1.82, 2.24) is 15.3 Å². The smallest absolute Gasteiger partial charge is 0.270 e. The second-order valence-corrected chi connectivity index (χ2v) is 8.02. The van der Waals surface area contributed by atoms with E-state index < -0.39 is 4.92 Å². The van der Waals surface area contributed by atoms with E-state index in [1.54, 1.807) is 23.7 Å². The number of carbonyl (C=O) groups is 1. The molecule has 1 aliphatic rings. The molecule has 3 heterocycles. The van der Waals surface area contributed by atoms with Crippen LogP contribution in [0.25, 0.3) is 10.2 Å². The molecule has 9 nitrogen and oxygen atoms in total. The molecule has 150 valence electrons. The van der Waals surface area contributed by atoms with E-state index in [1.807, 2.05) is 0 Å². The second-order valence-electron chi connectivity index (χ2n) is 6.78. The summed E-state index contributed by atoms with van der Waals surface area (Å²) < 4.78 is 0. The first-order valence-electron chi connectivity index (χ1n) is 9.19. The summed E-state index contributed by atoms with van der Waals surface area (Å²) in [6.07, 6.45) is 1.60. The molecule has 0 atom stereocenters. The Morgan fingerprint density at radius 2 is 1.90 bits per heavy atom. The normalized spacial score (nSPS) is 14.3. The number of nitrogens with zero attached hydrogens (tertiary/aromatic N) is 5. The van der Waals surface area contributed by atoms with Gasteiger partial charge in [0, 0.05) is 50.2 Å². The molecule has 0 unspecified atom stereocenters. The number of anilines is 2. The van der Waals surface area contributed by atoms with Gasteiger partial charge in [0.2, 0.25) is 0 Å². The van der Waals surface area contributed by atoms with Gasteiger partial charge in [-0.25, -0.2) is 9.97 Å². The van der Waals surface area contributed by atoms with Gasteiger partial charge in [0.05, 0.1) is 21.6 Å². The van der Waals surface area contributed by atoms with E-state index >= 15 is 0 Å². The van der Waals surface area contributed by atoms with Crippen LogP contribution < -0.4 is 15.1 Å². The lowest BCUT2D eigenvalue weighted by molar-refractivity contribution is -0.384. The predicted molar refractivity (Wildman–Crippen MR) is 113 cm³/mol. The van der Waals surface area contributed by atoms with Crippen LogP contribution in [0.2, 0.25) is 0 Å². The van der Waals surface area contributed by atoms with Crippen molar-refractivity contribution in [2.45, 2.75) is 6.92 Å². The maximum atomic E-state index is 12.3. The van der Waals surface area contributed by atoms with Gasteiger partial charge in [0.25, 0.3) is 11.6 Å². The predicted octanol–water partition coefficient (Wildman–Crippen LogP) is 2.59. The van der Waals surface area contributed by atoms with Crippen LogP contribution >= 0.6 is 11.3 Å².